The highest BCUT2D eigenvalue weighted by Gasteiger charge is 2.33. The van der Waals surface area contributed by atoms with Gasteiger partial charge >= 0.3 is 12.1 Å². The maximum atomic E-state index is 12.7. The molecule has 0 aromatic heterocycles. The van der Waals surface area contributed by atoms with E-state index in [4.69, 9.17) is 5.11 Å². The second-order valence-electron chi connectivity index (χ2n) is 5.91. The largest absolute Gasteiger partial charge is 0.481 e. The van der Waals surface area contributed by atoms with Crippen LogP contribution in [0.4, 0.5) is 13.2 Å². The molecule has 1 fully saturated rings. The fourth-order valence-corrected chi connectivity index (χ4v) is 2.79. The zero-order valence-electron chi connectivity index (χ0n) is 12.6. The van der Waals surface area contributed by atoms with E-state index in [1.807, 2.05) is 0 Å². The smallest absolute Gasteiger partial charge is 0.416 e. The first-order valence-corrected chi connectivity index (χ1v) is 7.36. The lowest BCUT2D eigenvalue weighted by atomic mass is 9.98. The lowest BCUT2D eigenvalue weighted by Gasteiger charge is -2.21. The fourth-order valence-electron chi connectivity index (χ4n) is 2.79. The minimum Gasteiger partial charge on any atom is -0.481 e. The van der Waals surface area contributed by atoms with Crippen molar-refractivity contribution in [3.8, 4) is 0 Å². The maximum Gasteiger partial charge on any atom is 0.416 e. The summed E-state index contributed by atoms with van der Waals surface area (Å²) in [5, 5.41) is 8.95. The number of hydrogen-bond donors (Lipinski definition) is 1. The van der Waals surface area contributed by atoms with Crippen LogP contribution >= 0.6 is 0 Å². The summed E-state index contributed by atoms with van der Waals surface area (Å²) >= 11 is 0. The van der Waals surface area contributed by atoms with E-state index in [1.54, 1.807) is 13.0 Å². The van der Waals surface area contributed by atoms with Crippen molar-refractivity contribution in [2.75, 3.05) is 13.1 Å². The Kier molecular flexibility index (Phi) is 4.97. The Balaban J connectivity index is 2.00. The van der Waals surface area contributed by atoms with Gasteiger partial charge in [-0.05, 0) is 24.5 Å². The van der Waals surface area contributed by atoms with Crippen LogP contribution < -0.4 is 0 Å². The van der Waals surface area contributed by atoms with Gasteiger partial charge < -0.3 is 10.0 Å². The molecule has 1 heterocycles. The first-order chi connectivity index (χ1) is 10.7. The number of alkyl halides is 3. The van der Waals surface area contributed by atoms with E-state index in [9.17, 15) is 22.8 Å². The summed E-state index contributed by atoms with van der Waals surface area (Å²) in [6, 6.07) is 4.93. The number of rotatable bonds is 4. The average molecular weight is 329 g/mol. The van der Waals surface area contributed by atoms with Gasteiger partial charge in [0.15, 0.2) is 0 Å². The SMILES string of the molecule is C[C@@H](Cc1cccc(C(F)(F)F)c1)C(=O)N1CC[C@H](C(=O)O)C1. The van der Waals surface area contributed by atoms with Gasteiger partial charge in [0, 0.05) is 19.0 Å². The predicted octanol–water partition coefficient (Wildman–Crippen LogP) is 2.82. The monoisotopic (exact) mass is 329 g/mol. The van der Waals surface area contributed by atoms with E-state index in [0.717, 1.165) is 12.1 Å². The highest BCUT2D eigenvalue weighted by atomic mass is 19.4. The molecule has 1 aromatic rings. The third kappa shape index (κ3) is 4.24. The van der Waals surface area contributed by atoms with Crippen molar-refractivity contribution < 1.29 is 27.9 Å². The standard InChI is InChI=1S/C16H18F3NO3/c1-10(14(21)20-6-5-12(9-20)15(22)23)7-11-3-2-4-13(8-11)16(17,18)19/h2-4,8,10,12H,5-7,9H2,1H3,(H,22,23)/t10-,12-/m0/s1. The van der Waals surface area contributed by atoms with Crippen LogP contribution in [-0.2, 0) is 22.2 Å². The molecule has 0 saturated carbocycles. The topological polar surface area (TPSA) is 57.6 Å². The van der Waals surface area contributed by atoms with Crippen LogP contribution in [0, 0.1) is 11.8 Å². The molecule has 0 radical (unpaired) electrons. The lowest BCUT2D eigenvalue weighted by molar-refractivity contribution is -0.141. The van der Waals surface area contributed by atoms with Gasteiger partial charge in [0.25, 0.3) is 0 Å². The molecular formula is C16H18F3NO3. The van der Waals surface area contributed by atoms with Crippen molar-refractivity contribution in [1.82, 2.24) is 4.90 Å². The molecule has 0 aliphatic carbocycles. The molecule has 2 atom stereocenters. The molecule has 4 nitrogen and oxygen atoms in total. The summed E-state index contributed by atoms with van der Waals surface area (Å²) < 4.78 is 38.1. The van der Waals surface area contributed by atoms with Gasteiger partial charge in [0.2, 0.25) is 5.91 Å². The van der Waals surface area contributed by atoms with Crippen molar-refractivity contribution in [3.63, 3.8) is 0 Å². The first-order valence-electron chi connectivity index (χ1n) is 7.36. The third-order valence-electron chi connectivity index (χ3n) is 4.07. The zero-order valence-corrected chi connectivity index (χ0v) is 12.6. The second kappa shape index (κ2) is 6.60. The maximum absolute atomic E-state index is 12.7. The van der Waals surface area contributed by atoms with Crippen LogP contribution in [-0.4, -0.2) is 35.0 Å². The van der Waals surface area contributed by atoms with E-state index in [1.165, 1.54) is 11.0 Å². The minimum atomic E-state index is -4.41. The predicted molar refractivity (Wildman–Crippen MR) is 76.6 cm³/mol. The van der Waals surface area contributed by atoms with Gasteiger partial charge in [-0.1, -0.05) is 25.1 Å². The van der Waals surface area contributed by atoms with Crippen LogP contribution in [0.1, 0.15) is 24.5 Å². The van der Waals surface area contributed by atoms with Crippen LogP contribution in [0.15, 0.2) is 24.3 Å². The van der Waals surface area contributed by atoms with Gasteiger partial charge in [0.05, 0.1) is 11.5 Å². The molecular weight excluding hydrogens is 311 g/mol. The number of hydrogen-bond acceptors (Lipinski definition) is 2. The molecule has 1 aromatic carbocycles. The van der Waals surface area contributed by atoms with Crippen molar-refractivity contribution in [1.29, 1.82) is 0 Å². The highest BCUT2D eigenvalue weighted by molar-refractivity contribution is 5.80. The molecule has 1 aliphatic heterocycles. The Morgan fingerprint density at radius 3 is 2.65 bits per heavy atom. The molecule has 0 spiro atoms. The molecule has 0 bridgehead atoms. The first kappa shape index (κ1) is 17.3. The normalized spacial score (nSPS) is 19.7. The number of likely N-dealkylation sites (tertiary alicyclic amines) is 1. The van der Waals surface area contributed by atoms with E-state index < -0.39 is 29.5 Å². The van der Waals surface area contributed by atoms with Gasteiger partial charge in [-0.3, -0.25) is 9.59 Å². The summed E-state index contributed by atoms with van der Waals surface area (Å²) in [5.41, 5.74) is -0.295. The van der Waals surface area contributed by atoms with Crippen LogP contribution in [0.25, 0.3) is 0 Å². The van der Waals surface area contributed by atoms with E-state index >= 15 is 0 Å². The Bertz CT molecular complexity index is 600. The van der Waals surface area contributed by atoms with Gasteiger partial charge in [0.1, 0.15) is 0 Å². The number of benzene rings is 1. The summed E-state index contributed by atoms with van der Waals surface area (Å²) in [4.78, 5) is 24.7. The number of amides is 1. The summed E-state index contributed by atoms with van der Waals surface area (Å²) in [6.07, 6.45) is -3.80. The Morgan fingerprint density at radius 1 is 1.39 bits per heavy atom. The Labute approximate surface area is 131 Å². The molecule has 2 rings (SSSR count). The van der Waals surface area contributed by atoms with E-state index in [2.05, 4.69) is 0 Å². The number of carbonyl (C=O) groups is 2. The Morgan fingerprint density at radius 2 is 2.09 bits per heavy atom. The van der Waals surface area contributed by atoms with Crippen molar-refractivity contribution in [2.45, 2.75) is 25.9 Å². The quantitative estimate of drug-likeness (QED) is 0.924. The number of aliphatic carboxylic acids is 1. The second-order valence-corrected chi connectivity index (χ2v) is 5.91. The van der Waals surface area contributed by atoms with Gasteiger partial charge in [-0.2, -0.15) is 13.2 Å². The third-order valence-corrected chi connectivity index (χ3v) is 4.07. The molecule has 7 heteroatoms. The summed E-state index contributed by atoms with van der Waals surface area (Å²) in [5.74, 6) is -2.19. The van der Waals surface area contributed by atoms with E-state index in [0.29, 0.717) is 18.5 Å². The summed E-state index contributed by atoms with van der Waals surface area (Å²) in [6.45, 7) is 2.19. The number of carboxylic acid groups (broad SMARTS) is 1. The van der Waals surface area contributed by atoms with E-state index in [-0.39, 0.29) is 18.9 Å². The zero-order chi connectivity index (χ0) is 17.2. The number of halogens is 3. The van der Waals surface area contributed by atoms with Crippen molar-refractivity contribution >= 4 is 11.9 Å². The molecule has 1 amide bonds. The molecule has 0 unspecified atom stereocenters. The average Bonchev–Trinajstić information content (AvgIpc) is 2.95. The summed E-state index contributed by atoms with van der Waals surface area (Å²) in [7, 11) is 0. The van der Waals surface area contributed by atoms with Crippen LogP contribution in [0.5, 0.6) is 0 Å². The molecule has 126 valence electrons. The molecule has 1 saturated heterocycles. The highest BCUT2D eigenvalue weighted by Crippen LogP contribution is 2.30. The minimum absolute atomic E-state index is 0.168. The van der Waals surface area contributed by atoms with Crippen LogP contribution in [0.3, 0.4) is 0 Å². The van der Waals surface area contributed by atoms with Gasteiger partial charge in [-0.25, -0.2) is 0 Å². The van der Waals surface area contributed by atoms with Crippen LogP contribution in [0.2, 0.25) is 0 Å². The van der Waals surface area contributed by atoms with Crippen molar-refractivity contribution in [3.05, 3.63) is 35.4 Å². The lowest BCUT2D eigenvalue weighted by Crippen LogP contribution is -2.34. The van der Waals surface area contributed by atoms with Crippen molar-refractivity contribution in [2.24, 2.45) is 11.8 Å². The molecule has 1 N–H and O–H groups in total. The fraction of sp³-hybridized carbons (Fsp3) is 0.500. The number of carboxylic acids is 1. The Hall–Kier alpha value is -2.05. The molecule has 1 aliphatic rings. The van der Waals surface area contributed by atoms with Gasteiger partial charge in [-0.15, -0.1) is 0 Å². The number of carbonyl (C=O) groups excluding carboxylic acids is 1. The molecule has 23 heavy (non-hydrogen) atoms. The number of nitrogens with zero attached hydrogens (tertiary/aromatic N) is 1.